The first-order valence-electron chi connectivity index (χ1n) is 8.98. The molecule has 0 bridgehead atoms. The number of carbonyl (C=O) groups excluding carboxylic acids is 1. The molecule has 1 aromatic heterocycles. The molecule has 3 aromatic rings. The molecule has 0 atom stereocenters. The van der Waals surface area contributed by atoms with Gasteiger partial charge >= 0.3 is 0 Å². The van der Waals surface area contributed by atoms with Crippen LogP contribution in [-0.4, -0.2) is 37.9 Å². The smallest absolute Gasteiger partial charge is 0.266 e. The number of benzene rings is 2. The quantitative estimate of drug-likeness (QED) is 0.583. The van der Waals surface area contributed by atoms with Gasteiger partial charge < -0.3 is 9.73 Å². The van der Waals surface area contributed by atoms with Gasteiger partial charge in [0.05, 0.1) is 12.1 Å². The molecule has 10 heteroatoms. The molecule has 0 saturated carbocycles. The lowest BCUT2D eigenvalue weighted by molar-refractivity contribution is -0.0258. The predicted octanol–water partition coefficient (Wildman–Crippen LogP) is 4.21. The number of halogens is 1. The molecule has 0 radical (unpaired) electrons. The van der Waals surface area contributed by atoms with Gasteiger partial charge in [0.2, 0.25) is 5.89 Å². The molecule has 0 aliphatic heterocycles. The van der Waals surface area contributed by atoms with Gasteiger partial charge in [-0.1, -0.05) is 36.8 Å². The van der Waals surface area contributed by atoms with Crippen molar-refractivity contribution in [3.63, 3.8) is 0 Å². The van der Waals surface area contributed by atoms with Crippen molar-refractivity contribution in [2.45, 2.75) is 31.1 Å². The summed E-state index contributed by atoms with van der Waals surface area (Å²) in [4.78, 5) is 21.7. The summed E-state index contributed by atoms with van der Waals surface area (Å²) in [6.45, 7) is 5.98. The summed E-state index contributed by atoms with van der Waals surface area (Å²) in [5.41, 5.74) is 1.59. The van der Waals surface area contributed by atoms with Gasteiger partial charge in [-0.15, -0.1) is 0 Å². The minimum Gasteiger partial charge on any atom is -0.440 e. The van der Waals surface area contributed by atoms with Gasteiger partial charge in [0, 0.05) is 23.7 Å². The zero-order chi connectivity index (χ0) is 22.3. The molecular weight excluding hydrogens is 430 g/mol. The summed E-state index contributed by atoms with van der Waals surface area (Å²) in [5, 5.41) is 2.72. The van der Waals surface area contributed by atoms with Crippen molar-refractivity contribution in [2.75, 3.05) is 19.5 Å². The van der Waals surface area contributed by atoms with Crippen LogP contribution in [0.2, 0.25) is 5.02 Å². The summed E-state index contributed by atoms with van der Waals surface area (Å²) >= 11 is 6.04. The van der Waals surface area contributed by atoms with Gasteiger partial charge in [0.15, 0.2) is 5.58 Å². The number of aromatic nitrogens is 1. The van der Waals surface area contributed by atoms with Gasteiger partial charge in [-0.05, 0) is 36.4 Å². The lowest BCUT2D eigenvalue weighted by Gasteiger charge is -2.15. The molecule has 1 amide bonds. The van der Waals surface area contributed by atoms with E-state index in [-0.39, 0.29) is 20.9 Å². The fraction of sp³-hybridized carbons (Fsp3) is 0.300. The lowest BCUT2D eigenvalue weighted by atomic mass is 9.97. The van der Waals surface area contributed by atoms with Crippen molar-refractivity contribution < 1.29 is 22.5 Å². The van der Waals surface area contributed by atoms with E-state index in [1.165, 1.54) is 32.4 Å². The van der Waals surface area contributed by atoms with E-state index < -0.39 is 15.9 Å². The summed E-state index contributed by atoms with van der Waals surface area (Å²) in [5.74, 6) is 0.0952. The highest BCUT2D eigenvalue weighted by atomic mass is 35.5. The molecule has 1 N–H and O–H groups in total. The minimum atomic E-state index is -4.01. The topological polar surface area (TPSA) is 102 Å². The van der Waals surface area contributed by atoms with E-state index in [0.717, 1.165) is 0 Å². The first-order chi connectivity index (χ1) is 13.9. The maximum Gasteiger partial charge on any atom is 0.266 e. The molecule has 2 aromatic carbocycles. The van der Waals surface area contributed by atoms with Crippen molar-refractivity contribution in [1.82, 2.24) is 9.45 Å². The number of nitrogens with zero attached hydrogens (tertiary/aromatic N) is 2. The first-order valence-corrected chi connectivity index (χ1v) is 10.8. The van der Waals surface area contributed by atoms with Gasteiger partial charge in [0.25, 0.3) is 15.9 Å². The van der Waals surface area contributed by atoms with E-state index in [0.29, 0.717) is 27.1 Å². The van der Waals surface area contributed by atoms with Crippen molar-refractivity contribution in [3.8, 4) is 0 Å². The standard InChI is InChI=1S/C20H22ClN3O5S/c1-20(2,3)19-23-15-11-13(7-9-16(15)29-19)22-18(25)12-6-8-14(21)17(10-12)30(26,27)24(4)28-5/h6-11H,1-5H3,(H,22,25). The molecule has 0 aliphatic rings. The van der Waals surface area contributed by atoms with Gasteiger partial charge in [-0.25, -0.2) is 13.4 Å². The maximum absolute atomic E-state index is 12.7. The summed E-state index contributed by atoms with van der Waals surface area (Å²) in [6.07, 6.45) is 0. The van der Waals surface area contributed by atoms with Crippen LogP contribution in [0, 0.1) is 0 Å². The number of fused-ring (bicyclic) bond motifs is 1. The molecule has 0 spiro atoms. The Labute approximate surface area is 179 Å². The third-order valence-electron chi connectivity index (χ3n) is 4.35. The summed E-state index contributed by atoms with van der Waals surface area (Å²) in [6, 6.07) is 9.09. The van der Waals surface area contributed by atoms with Crippen LogP contribution in [0.4, 0.5) is 5.69 Å². The number of amides is 1. The van der Waals surface area contributed by atoms with Crippen LogP contribution in [-0.2, 0) is 20.3 Å². The number of anilines is 1. The molecule has 1 heterocycles. The third-order valence-corrected chi connectivity index (χ3v) is 6.52. The second-order valence-corrected chi connectivity index (χ2v) is 9.96. The highest BCUT2D eigenvalue weighted by Crippen LogP contribution is 2.28. The van der Waals surface area contributed by atoms with Crippen LogP contribution in [0.3, 0.4) is 0 Å². The Bertz CT molecular complexity index is 1210. The second-order valence-electron chi connectivity index (χ2n) is 7.65. The predicted molar refractivity (Wildman–Crippen MR) is 114 cm³/mol. The van der Waals surface area contributed by atoms with Gasteiger partial charge in [0.1, 0.15) is 10.4 Å². The normalized spacial score (nSPS) is 12.5. The second kappa shape index (κ2) is 7.99. The van der Waals surface area contributed by atoms with Gasteiger partial charge in [-0.2, -0.15) is 0 Å². The minimum absolute atomic E-state index is 0.0193. The van der Waals surface area contributed by atoms with Crippen molar-refractivity contribution in [3.05, 3.63) is 52.9 Å². The maximum atomic E-state index is 12.7. The SMILES string of the molecule is CON(C)S(=O)(=O)c1cc(C(=O)Nc2ccc3oc(C(C)(C)C)nc3c2)ccc1Cl. The Balaban J connectivity index is 1.90. The number of nitrogens with one attached hydrogen (secondary N) is 1. The van der Waals surface area contributed by atoms with E-state index in [2.05, 4.69) is 10.3 Å². The van der Waals surface area contributed by atoms with Crippen LogP contribution in [0.5, 0.6) is 0 Å². The number of carbonyl (C=O) groups is 1. The van der Waals surface area contributed by atoms with E-state index in [1.54, 1.807) is 18.2 Å². The molecule has 0 saturated heterocycles. The number of hydrogen-bond donors (Lipinski definition) is 1. The van der Waals surface area contributed by atoms with E-state index in [4.69, 9.17) is 20.9 Å². The Morgan fingerprint density at radius 3 is 2.53 bits per heavy atom. The first kappa shape index (κ1) is 22.2. The molecule has 0 unspecified atom stereocenters. The zero-order valence-corrected chi connectivity index (χ0v) is 18.8. The fourth-order valence-corrected chi connectivity index (χ4v) is 4.08. The number of rotatable bonds is 5. The molecule has 30 heavy (non-hydrogen) atoms. The van der Waals surface area contributed by atoms with Crippen molar-refractivity contribution >= 4 is 44.3 Å². The Hall–Kier alpha value is -2.46. The van der Waals surface area contributed by atoms with Crippen LogP contribution in [0.1, 0.15) is 37.0 Å². The molecule has 8 nitrogen and oxygen atoms in total. The van der Waals surface area contributed by atoms with E-state index in [9.17, 15) is 13.2 Å². The third kappa shape index (κ3) is 4.34. The van der Waals surface area contributed by atoms with Crippen LogP contribution in [0.15, 0.2) is 45.7 Å². The lowest BCUT2D eigenvalue weighted by Crippen LogP contribution is -2.26. The summed E-state index contributed by atoms with van der Waals surface area (Å²) in [7, 11) is -1.56. The Morgan fingerprint density at radius 1 is 1.20 bits per heavy atom. The molecule has 3 rings (SSSR count). The fourth-order valence-electron chi connectivity index (χ4n) is 2.61. The summed E-state index contributed by atoms with van der Waals surface area (Å²) < 4.78 is 31.4. The molecular formula is C20H22ClN3O5S. The van der Waals surface area contributed by atoms with Crippen molar-refractivity contribution in [2.24, 2.45) is 0 Å². The Morgan fingerprint density at radius 2 is 1.90 bits per heavy atom. The molecule has 0 aliphatic carbocycles. The number of sulfonamides is 1. The highest BCUT2D eigenvalue weighted by Gasteiger charge is 2.25. The molecule has 160 valence electrons. The van der Waals surface area contributed by atoms with Crippen molar-refractivity contribution in [1.29, 1.82) is 0 Å². The zero-order valence-electron chi connectivity index (χ0n) is 17.2. The number of hydrogen-bond acceptors (Lipinski definition) is 6. The number of oxazole rings is 1. The number of hydroxylamine groups is 1. The average molecular weight is 452 g/mol. The van der Waals surface area contributed by atoms with Crippen LogP contribution < -0.4 is 5.32 Å². The Kier molecular flexibility index (Phi) is 5.92. The molecule has 0 fully saturated rings. The van der Waals surface area contributed by atoms with Crippen LogP contribution >= 0.6 is 11.6 Å². The highest BCUT2D eigenvalue weighted by molar-refractivity contribution is 7.89. The monoisotopic (exact) mass is 451 g/mol. The van der Waals surface area contributed by atoms with Crippen LogP contribution in [0.25, 0.3) is 11.1 Å². The van der Waals surface area contributed by atoms with Gasteiger partial charge in [-0.3, -0.25) is 9.63 Å². The van der Waals surface area contributed by atoms with E-state index in [1.807, 2.05) is 20.8 Å². The largest absolute Gasteiger partial charge is 0.440 e. The average Bonchev–Trinajstić information content (AvgIpc) is 3.11. The van der Waals surface area contributed by atoms with E-state index >= 15 is 0 Å².